The van der Waals surface area contributed by atoms with E-state index in [1.807, 2.05) is 0 Å². The zero-order chi connectivity index (χ0) is 22.8. The number of hydrogen-bond acceptors (Lipinski definition) is 7. The highest BCUT2D eigenvalue weighted by atomic mass is 32.2. The third kappa shape index (κ3) is 5.61. The molecular formula is C16H12F4N2O6S2. The molecule has 14 heteroatoms. The Labute approximate surface area is 171 Å². The predicted molar refractivity (Wildman–Crippen MR) is 96.9 cm³/mol. The van der Waals surface area contributed by atoms with Gasteiger partial charge in [0.15, 0.2) is 11.6 Å². The fourth-order valence-electron chi connectivity index (χ4n) is 2.06. The van der Waals surface area contributed by atoms with Gasteiger partial charge >= 0.3 is 17.1 Å². The van der Waals surface area contributed by atoms with E-state index in [4.69, 9.17) is 0 Å². The normalized spacial score (nSPS) is 11.3. The third-order valence-corrected chi connectivity index (χ3v) is 4.81. The van der Waals surface area contributed by atoms with Gasteiger partial charge < -0.3 is 15.2 Å². The molecule has 0 radical (unpaired) electrons. The van der Waals surface area contributed by atoms with Crippen molar-refractivity contribution in [2.75, 3.05) is 5.32 Å². The van der Waals surface area contributed by atoms with Gasteiger partial charge in [-0.1, -0.05) is 4.36 Å². The summed E-state index contributed by atoms with van der Waals surface area (Å²) in [6, 6.07) is 1.82. The molecule has 30 heavy (non-hydrogen) atoms. The highest BCUT2D eigenvalue weighted by molar-refractivity contribution is 7.62. The van der Waals surface area contributed by atoms with E-state index in [0.717, 1.165) is 19.9 Å². The van der Waals surface area contributed by atoms with Crippen LogP contribution in [0.4, 0.5) is 22.6 Å². The first-order chi connectivity index (χ1) is 13.8. The van der Waals surface area contributed by atoms with Crippen molar-refractivity contribution in [1.82, 2.24) is 0 Å². The van der Waals surface area contributed by atoms with E-state index in [1.54, 1.807) is 0 Å². The second-order valence-electron chi connectivity index (χ2n) is 6.12. The van der Waals surface area contributed by atoms with Gasteiger partial charge in [-0.25, -0.2) is 8.78 Å². The molecule has 0 aliphatic rings. The van der Waals surface area contributed by atoms with Crippen molar-refractivity contribution in [3.05, 3.63) is 35.4 Å². The lowest BCUT2D eigenvalue weighted by Gasteiger charge is -2.16. The molecule has 1 aromatic heterocycles. The number of nitrogens with zero attached hydrogens (tertiary/aromatic N) is 1. The fraction of sp³-hybridized carbons (Fsp3) is 0.250. The summed E-state index contributed by atoms with van der Waals surface area (Å²) in [5.41, 5.74) is -2.81. The standard InChI is InChI=1S/C16H12F4N2O6S2/c1-16(2,25)14(24)21-13-7(12(23)22-30(26)27)4-11(29-13)6-3-8(17)9(18)5-10(6)28-15(19)20/h3-5,15,25H,1-2H3,(H,21,24). The number of thiophene rings is 1. The lowest BCUT2D eigenvalue weighted by atomic mass is 10.1. The Morgan fingerprint density at radius 1 is 1.20 bits per heavy atom. The Hall–Kier alpha value is -2.84. The van der Waals surface area contributed by atoms with E-state index < -0.39 is 63.0 Å². The van der Waals surface area contributed by atoms with Crippen LogP contribution in [0.25, 0.3) is 10.4 Å². The van der Waals surface area contributed by atoms with Crippen LogP contribution in [-0.2, 0) is 15.3 Å². The van der Waals surface area contributed by atoms with Crippen molar-refractivity contribution in [2.24, 2.45) is 4.36 Å². The number of benzene rings is 1. The SMILES string of the molecule is CC(C)(O)C(=O)Nc1sc(-c2cc(F)c(F)cc2OC(F)F)cc1C(=O)N=S(=O)=O. The molecule has 0 atom stereocenters. The molecule has 0 saturated carbocycles. The smallest absolute Gasteiger partial charge is 0.387 e. The molecule has 8 nitrogen and oxygen atoms in total. The van der Waals surface area contributed by atoms with Crippen LogP contribution >= 0.6 is 11.3 Å². The maximum absolute atomic E-state index is 13.7. The first kappa shape index (κ1) is 23.4. The van der Waals surface area contributed by atoms with Gasteiger partial charge in [0, 0.05) is 16.5 Å². The van der Waals surface area contributed by atoms with Crippen LogP contribution in [0.2, 0.25) is 0 Å². The predicted octanol–water partition coefficient (Wildman–Crippen LogP) is 3.21. The van der Waals surface area contributed by atoms with E-state index >= 15 is 0 Å². The molecule has 0 aliphatic carbocycles. The summed E-state index contributed by atoms with van der Waals surface area (Å²) >= 11 is 0.529. The topological polar surface area (TPSA) is 122 Å². The monoisotopic (exact) mass is 468 g/mol. The van der Waals surface area contributed by atoms with E-state index in [0.29, 0.717) is 23.5 Å². The van der Waals surface area contributed by atoms with E-state index in [2.05, 4.69) is 14.4 Å². The summed E-state index contributed by atoms with van der Waals surface area (Å²) in [7, 11) is -3.15. The molecule has 0 aliphatic heterocycles. The van der Waals surface area contributed by atoms with Crippen molar-refractivity contribution < 1.29 is 45.4 Å². The van der Waals surface area contributed by atoms with Crippen molar-refractivity contribution in [3.63, 3.8) is 0 Å². The van der Waals surface area contributed by atoms with Gasteiger partial charge in [-0.2, -0.15) is 17.2 Å². The molecule has 2 rings (SSSR count). The number of aliphatic hydroxyl groups is 1. The number of alkyl halides is 2. The van der Waals surface area contributed by atoms with Gasteiger partial charge in [-0.15, -0.1) is 11.3 Å². The molecule has 0 bridgehead atoms. The molecule has 0 fully saturated rings. The lowest BCUT2D eigenvalue weighted by molar-refractivity contribution is -0.130. The molecule has 2 amide bonds. The summed E-state index contributed by atoms with van der Waals surface area (Å²) in [4.78, 5) is 24.0. The molecule has 0 saturated heterocycles. The summed E-state index contributed by atoms with van der Waals surface area (Å²) in [5, 5.41) is 11.6. The first-order valence-electron chi connectivity index (χ1n) is 7.77. The molecule has 2 N–H and O–H groups in total. The van der Waals surface area contributed by atoms with E-state index in [-0.39, 0.29) is 9.88 Å². The zero-order valence-electron chi connectivity index (χ0n) is 15.1. The Balaban J connectivity index is 2.68. The van der Waals surface area contributed by atoms with Crippen molar-refractivity contribution >= 4 is 38.7 Å². The fourth-order valence-corrected chi connectivity index (χ4v) is 3.36. The minimum absolute atomic E-state index is 0.161. The first-order valence-corrected chi connectivity index (χ1v) is 9.61. The van der Waals surface area contributed by atoms with Gasteiger partial charge in [0.2, 0.25) is 0 Å². The van der Waals surface area contributed by atoms with Crippen LogP contribution < -0.4 is 10.1 Å². The van der Waals surface area contributed by atoms with Crippen LogP contribution in [-0.4, -0.2) is 37.6 Å². The van der Waals surface area contributed by atoms with Crippen molar-refractivity contribution in [3.8, 4) is 16.2 Å². The van der Waals surface area contributed by atoms with Gasteiger partial charge in [0.05, 0.1) is 5.56 Å². The highest BCUT2D eigenvalue weighted by Crippen LogP contribution is 2.41. The average Bonchev–Trinajstić information content (AvgIpc) is 2.99. The minimum atomic E-state index is -3.39. The Kier molecular flexibility index (Phi) is 6.95. The molecule has 0 spiro atoms. The lowest BCUT2D eigenvalue weighted by Crippen LogP contribution is -2.36. The van der Waals surface area contributed by atoms with Crippen LogP contribution in [0.15, 0.2) is 22.6 Å². The summed E-state index contributed by atoms with van der Waals surface area (Å²) < 4.78 is 80.8. The summed E-state index contributed by atoms with van der Waals surface area (Å²) in [6.07, 6.45) is 0. The molecule has 1 aromatic carbocycles. The molecule has 162 valence electrons. The van der Waals surface area contributed by atoms with Gasteiger partial charge in [-0.05, 0) is 26.0 Å². The zero-order valence-corrected chi connectivity index (χ0v) is 16.7. The molecule has 0 unspecified atom stereocenters. The Bertz CT molecular complexity index is 1130. The van der Waals surface area contributed by atoms with Gasteiger partial charge in [0.25, 0.3) is 11.8 Å². The Morgan fingerprint density at radius 2 is 1.80 bits per heavy atom. The number of hydrogen-bond donors (Lipinski definition) is 2. The number of carbonyl (C=O) groups excluding carboxylic acids is 2. The Morgan fingerprint density at radius 3 is 2.33 bits per heavy atom. The van der Waals surface area contributed by atoms with Crippen LogP contribution in [0.1, 0.15) is 24.2 Å². The maximum atomic E-state index is 13.7. The van der Waals surface area contributed by atoms with Crippen LogP contribution in [0, 0.1) is 11.6 Å². The van der Waals surface area contributed by atoms with Crippen LogP contribution in [0.3, 0.4) is 0 Å². The average molecular weight is 468 g/mol. The van der Waals surface area contributed by atoms with E-state index in [1.165, 1.54) is 0 Å². The second kappa shape index (κ2) is 8.89. The highest BCUT2D eigenvalue weighted by Gasteiger charge is 2.28. The van der Waals surface area contributed by atoms with E-state index in [9.17, 15) is 40.7 Å². The third-order valence-electron chi connectivity index (χ3n) is 3.41. The number of anilines is 1. The van der Waals surface area contributed by atoms with Gasteiger partial charge in [0.1, 0.15) is 16.4 Å². The molecular weight excluding hydrogens is 456 g/mol. The molecule has 1 heterocycles. The van der Waals surface area contributed by atoms with Crippen molar-refractivity contribution in [2.45, 2.75) is 26.1 Å². The largest absolute Gasteiger partial charge is 0.434 e. The second-order valence-corrected chi connectivity index (χ2v) is 7.79. The summed E-state index contributed by atoms with van der Waals surface area (Å²) in [5.74, 6) is -6.00. The summed E-state index contributed by atoms with van der Waals surface area (Å²) in [6.45, 7) is -1.14. The van der Waals surface area contributed by atoms with Gasteiger partial charge in [-0.3, -0.25) is 9.59 Å². The van der Waals surface area contributed by atoms with Crippen LogP contribution in [0.5, 0.6) is 5.75 Å². The number of carbonyl (C=O) groups is 2. The number of amides is 2. The number of nitrogens with one attached hydrogen (secondary N) is 1. The number of rotatable bonds is 6. The molecule has 2 aromatic rings. The minimum Gasteiger partial charge on any atom is -0.434 e. The van der Waals surface area contributed by atoms with Crippen molar-refractivity contribution in [1.29, 1.82) is 0 Å². The number of ether oxygens (including phenoxy) is 1. The number of halogens is 4. The quantitative estimate of drug-likeness (QED) is 0.628. The maximum Gasteiger partial charge on any atom is 0.387 e.